The topological polar surface area (TPSA) is 132 Å². The van der Waals surface area contributed by atoms with Gasteiger partial charge in [-0.25, -0.2) is 4.57 Å². The average molecular weight is 851 g/mol. The number of ether oxygens (including phenoxy) is 2. The summed E-state index contributed by atoms with van der Waals surface area (Å²) in [5.74, 6) is -0.399. The lowest BCUT2D eigenvalue weighted by molar-refractivity contribution is -0.154. The van der Waals surface area contributed by atoms with Crippen LogP contribution < -0.4 is 0 Å². The number of allylic oxidation sites excluding steroid dienone is 12. The van der Waals surface area contributed by atoms with Gasteiger partial charge in [-0.1, -0.05) is 170 Å². The van der Waals surface area contributed by atoms with Crippen molar-refractivity contribution >= 4 is 13.8 Å². The molecule has 59 heavy (non-hydrogen) atoms. The van der Waals surface area contributed by atoms with E-state index in [9.17, 15) is 19.4 Å². The second-order valence-electron chi connectivity index (χ2n) is 15.4. The summed E-state index contributed by atoms with van der Waals surface area (Å²) in [6.07, 6.45) is 54.3. The Bertz CT molecular complexity index is 1150. The summed E-state index contributed by atoms with van der Waals surface area (Å²) in [7, 11) is -4.53. The molecule has 9 nitrogen and oxygen atoms in total. The van der Waals surface area contributed by atoms with E-state index in [-0.39, 0.29) is 19.6 Å². The SMILES string of the molecule is CC/C=C\C/C=C\C/C=C\C/C=C\C/C=C\CCCCCCCCOCC(COP(=O)(O)OCC(O)CO)OC(=O)CCCCCCC/C=C\CCCCCCCCC. The van der Waals surface area contributed by atoms with Crippen molar-refractivity contribution in [3.05, 3.63) is 72.9 Å². The molecule has 0 aliphatic carbocycles. The molecule has 0 radical (unpaired) electrons. The van der Waals surface area contributed by atoms with E-state index in [1.165, 1.54) is 70.6 Å². The summed E-state index contributed by atoms with van der Waals surface area (Å²) >= 11 is 0. The molecule has 0 spiro atoms. The van der Waals surface area contributed by atoms with E-state index in [0.717, 1.165) is 89.9 Å². The van der Waals surface area contributed by atoms with Gasteiger partial charge in [0.2, 0.25) is 0 Å². The molecular formula is C49H87O9P. The van der Waals surface area contributed by atoms with Crippen LogP contribution in [0.3, 0.4) is 0 Å². The van der Waals surface area contributed by atoms with Crippen LogP contribution in [0.15, 0.2) is 72.9 Å². The molecular weight excluding hydrogens is 764 g/mol. The molecule has 0 aromatic carbocycles. The highest BCUT2D eigenvalue weighted by Crippen LogP contribution is 2.43. The number of phosphoric acid groups is 1. The maximum absolute atomic E-state index is 12.6. The van der Waals surface area contributed by atoms with Crippen molar-refractivity contribution in [2.75, 3.05) is 33.0 Å². The lowest BCUT2D eigenvalue weighted by Gasteiger charge is -2.20. The first-order valence-electron chi connectivity index (χ1n) is 23.4. The van der Waals surface area contributed by atoms with Gasteiger partial charge < -0.3 is 24.6 Å². The Labute approximate surface area is 361 Å². The number of rotatable bonds is 44. The van der Waals surface area contributed by atoms with E-state index >= 15 is 0 Å². The van der Waals surface area contributed by atoms with E-state index in [1.54, 1.807) is 0 Å². The standard InChI is InChI=1S/C49H87O9P/c1-3-5-7-9-11-13-15-17-19-21-22-23-24-25-26-28-30-32-34-36-38-40-42-55-45-48(46-57-59(53,54)56-44-47(51)43-50)58-49(52)41-39-37-35-33-31-29-27-20-18-16-14-12-10-8-6-4-2/h5,7,11,13,17,19-20,22-23,25-27,47-48,50-51H,3-4,6,8-10,12,14-16,18,21,24,28-46H2,1-2H3,(H,53,54)/b7-5-,13-11-,19-17-,23-22-,26-25-,27-20-. The molecule has 0 heterocycles. The van der Waals surface area contributed by atoms with Crippen molar-refractivity contribution in [3.63, 3.8) is 0 Å². The Hall–Kier alpha value is -2.10. The number of carbonyl (C=O) groups excluding carboxylic acids is 1. The van der Waals surface area contributed by atoms with Gasteiger partial charge in [-0.15, -0.1) is 0 Å². The molecule has 0 rings (SSSR count). The third-order valence-electron chi connectivity index (χ3n) is 9.63. The quantitative estimate of drug-likeness (QED) is 0.0237. The minimum Gasteiger partial charge on any atom is -0.457 e. The molecule has 10 heteroatoms. The van der Waals surface area contributed by atoms with Crippen LogP contribution in [0.25, 0.3) is 0 Å². The minimum absolute atomic E-state index is 0.0325. The molecule has 0 aromatic heterocycles. The number of esters is 1. The fourth-order valence-corrected chi connectivity index (χ4v) is 6.87. The number of hydrogen-bond acceptors (Lipinski definition) is 8. The Morgan fingerprint density at radius 3 is 1.47 bits per heavy atom. The van der Waals surface area contributed by atoms with E-state index in [0.29, 0.717) is 13.0 Å². The summed E-state index contributed by atoms with van der Waals surface area (Å²) in [4.78, 5) is 22.6. The van der Waals surface area contributed by atoms with E-state index in [4.69, 9.17) is 23.6 Å². The van der Waals surface area contributed by atoms with Crippen molar-refractivity contribution in [1.82, 2.24) is 0 Å². The van der Waals surface area contributed by atoms with Crippen LogP contribution in [0.4, 0.5) is 0 Å². The summed E-state index contributed by atoms with van der Waals surface area (Å²) < 4.78 is 33.4. The number of hydrogen-bond donors (Lipinski definition) is 3. The molecule has 3 atom stereocenters. The Balaban J connectivity index is 4.18. The molecule has 342 valence electrons. The molecule has 0 amide bonds. The van der Waals surface area contributed by atoms with E-state index in [1.807, 2.05) is 0 Å². The molecule has 3 N–H and O–H groups in total. The maximum atomic E-state index is 12.6. The van der Waals surface area contributed by atoms with Crippen molar-refractivity contribution in [2.45, 2.75) is 199 Å². The first kappa shape index (κ1) is 56.9. The summed E-state index contributed by atoms with van der Waals surface area (Å²) in [6, 6.07) is 0. The normalized spacial score (nSPS) is 14.6. The number of aliphatic hydroxyl groups excluding tert-OH is 2. The molecule has 0 aliphatic rings. The number of carbonyl (C=O) groups is 1. The van der Waals surface area contributed by atoms with Gasteiger partial charge in [0.15, 0.2) is 0 Å². The molecule has 3 unspecified atom stereocenters. The third-order valence-corrected chi connectivity index (χ3v) is 10.6. The van der Waals surface area contributed by atoms with Gasteiger partial charge in [-0.3, -0.25) is 13.8 Å². The Kier molecular flexibility index (Phi) is 43.8. The zero-order valence-corrected chi connectivity index (χ0v) is 38.3. The van der Waals surface area contributed by atoms with Crippen LogP contribution in [0.1, 0.15) is 187 Å². The van der Waals surface area contributed by atoms with Crippen LogP contribution in [-0.4, -0.2) is 66.3 Å². The van der Waals surface area contributed by atoms with Gasteiger partial charge in [0.05, 0.1) is 26.4 Å². The summed E-state index contributed by atoms with van der Waals surface area (Å²) in [6.45, 7) is 3.35. The van der Waals surface area contributed by atoms with Gasteiger partial charge in [-0.05, 0) is 83.5 Å². The molecule has 0 fully saturated rings. The average Bonchev–Trinajstić information content (AvgIpc) is 3.23. The van der Waals surface area contributed by atoms with Crippen LogP contribution in [0, 0.1) is 0 Å². The summed E-state index contributed by atoms with van der Waals surface area (Å²) in [5, 5.41) is 18.4. The first-order valence-corrected chi connectivity index (χ1v) is 24.9. The van der Waals surface area contributed by atoms with Crippen molar-refractivity contribution in [3.8, 4) is 0 Å². The number of aliphatic hydroxyl groups is 2. The molecule has 0 aliphatic heterocycles. The third kappa shape index (κ3) is 45.3. The van der Waals surface area contributed by atoms with E-state index < -0.39 is 39.2 Å². The van der Waals surface area contributed by atoms with Crippen molar-refractivity contribution < 1.29 is 43.0 Å². The maximum Gasteiger partial charge on any atom is 0.472 e. The lowest BCUT2D eigenvalue weighted by atomic mass is 10.1. The highest BCUT2D eigenvalue weighted by molar-refractivity contribution is 7.47. The van der Waals surface area contributed by atoms with Gasteiger partial charge in [-0.2, -0.15) is 0 Å². The van der Waals surface area contributed by atoms with Crippen LogP contribution >= 0.6 is 7.82 Å². The fourth-order valence-electron chi connectivity index (χ4n) is 6.08. The van der Waals surface area contributed by atoms with Crippen molar-refractivity contribution in [2.24, 2.45) is 0 Å². The molecule has 0 bridgehead atoms. The van der Waals surface area contributed by atoms with Gasteiger partial charge >= 0.3 is 13.8 Å². The fraction of sp³-hybridized carbons (Fsp3) is 0.735. The second kappa shape index (κ2) is 45.4. The number of unbranched alkanes of at least 4 members (excludes halogenated alkanes) is 18. The summed E-state index contributed by atoms with van der Waals surface area (Å²) in [5.41, 5.74) is 0. The van der Waals surface area contributed by atoms with Gasteiger partial charge in [0.25, 0.3) is 0 Å². The number of phosphoric ester groups is 1. The largest absolute Gasteiger partial charge is 0.472 e. The first-order chi connectivity index (χ1) is 28.8. The van der Waals surface area contributed by atoms with E-state index in [2.05, 4.69) is 86.8 Å². The van der Waals surface area contributed by atoms with Crippen LogP contribution in [0.5, 0.6) is 0 Å². The second-order valence-corrected chi connectivity index (χ2v) is 16.8. The Morgan fingerprint density at radius 1 is 0.542 bits per heavy atom. The highest BCUT2D eigenvalue weighted by Gasteiger charge is 2.26. The predicted molar refractivity (Wildman–Crippen MR) is 246 cm³/mol. The predicted octanol–water partition coefficient (Wildman–Crippen LogP) is 13.3. The Morgan fingerprint density at radius 2 is 0.966 bits per heavy atom. The van der Waals surface area contributed by atoms with Crippen LogP contribution in [0.2, 0.25) is 0 Å². The zero-order valence-electron chi connectivity index (χ0n) is 37.4. The smallest absolute Gasteiger partial charge is 0.457 e. The highest BCUT2D eigenvalue weighted by atomic mass is 31.2. The lowest BCUT2D eigenvalue weighted by Crippen LogP contribution is -2.29. The zero-order chi connectivity index (χ0) is 43.2. The van der Waals surface area contributed by atoms with Crippen molar-refractivity contribution in [1.29, 1.82) is 0 Å². The minimum atomic E-state index is -4.53. The molecule has 0 saturated carbocycles. The molecule has 0 aromatic rings. The van der Waals surface area contributed by atoms with Crippen LogP contribution in [-0.2, 0) is 27.9 Å². The monoisotopic (exact) mass is 851 g/mol. The van der Waals surface area contributed by atoms with Gasteiger partial charge in [0.1, 0.15) is 12.2 Å². The van der Waals surface area contributed by atoms with Gasteiger partial charge in [0, 0.05) is 13.0 Å². The molecule has 0 saturated heterocycles.